The summed E-state index contributed by atoms with van der Waals surface area (Å²) >= 11 is 0. The molecule has 0 spiro atoms. The van der Waals surface area contributed by atoms with Gasteiger partial charge in [0.15, 0.2) is 0 Å². The highest BCUT2D eigenvalue weighted by molar-refractivity contribution is 5.92. The first-order valence-electron chi connectivity index (χ1n) is 9.40. The molecule has 5 heteroatoms. The SMILES string of the molecule is O=C(c1ccncn1)N1C[C@@H]2CCC[C@]2(COCC2CCCC2)C1. The number of fused-ring (bicyclic) bond motifs is 1. The molecular weight excluding hydrogens is 302 g/mol. The van der Waals surface area contributed by atoms with Crippen molar-refractivity contribution in [2.45, 2.75) is 44.9 Å². The molecule has 0 radical (unpaired) electrons. The number of nitrogens with zero attached hydrogens (tertiary/aromatic N) is 3. The van der Waals surface area contributed by atoms with Crippen molar-refractivity contribution in [3.63, 3.8) is 0 Å². The quantitative estimate of drug-likeness (QED) is 0.833. The molecule has 1 aromatic heterocycles. The van der Waals surface area contributed by atoms with Gasteiger partial charge in [-0.15, -0.1) is 0 Å². The van der Waals surface area contributed by atoms with Crippen LogP contribution in [0.25, 0.3) is 0 Å². The minimum atomic E-state index is 0.0435. The predicted octanol–water partition coefficient (Wildman–Crippen LogP) is 2.93. The Kier molecular flexibility index (Phi) is 4.53. The van der Waals surface area contributed by atoms with Crippen LogP contribution in [0.2, 0.25) is 0 Å². The lowest BCUT2D eigenvalue weighted by molar-refractivity contribution is 0.0195. The molecule has 0 unspecified atom stereocenters. The van der Waals surface area contributed by atoms with Crippen molar-refractivity contribution < 1.29 is 9.53 Å². The number of hydrogen-bond donors (Lipinski definition) is 0. The van der Waals surface area contributed by atoms with E-state index in [1.165, 1.54) is 51.3 Å². The third-order valence-corrected chi connectivity index (χ3v) is 6.35. The van der Waals surface area contributed by atoms with Crippen molar-refractivity contribution in [2.75, 3.05) is 26.3 Å². The highest BCUT2D eigenvalue weighted by Crippen LogP contribution is 2.49. The Balaban J connectivity index is 1.38. The molecule has 3 aliphatic rings. The molecule has 24 heavy (non-hydrogen) atoms. The molecule has 4 rings (SSSR count). The van der Waals surface area contributed by atoms with Crippen LogP contribution in [0.4, 0.5) is 0 Å². The van der Waals surface area contributed by atoms with Gasteiger partial charge in [-0.1, -0.05) is 19.3 Å². The zero-order chi connectivity index (χ0) is 16.4. The van der Waals surface area contributed by atoms with Crippen LogP contribution in [0.5, 0.6) is 0 Å². The summed E-state index contributed by atoms with van der Waals surface area (Å²) in [6, 6.07) is 1.71. The average molecular weight is 329 g/mol. The van der Waals surface area contributed by atoms with Crippen LogP contribution < -0.4 is 0 Å². The van der Waals surface area contributed by atoms with Crippen LogP contribution >= 0.6 is 0 Å². The number of amides is 1. The van der Waals surface area contributed by atoms with Crippen LogP contribution in [-0.2, 0) is 4.74 Å². The van der Waals surface area contributed by atoms with Gasteiger partial charge in [-0.25, -0.2) is 9.97 Å². The van der Waals surface area contributed by atoms with Crippen LogP contribution in [-0.4, -0.2) is 47.1 Å². The number of hydrogen-bond acceptors (Lipinski definition) is 4. The maximum atomic E-state index is 12.7. The normalized spacial score (nSPS) is 30.0. The fourth-order valence-corrected chi connectivity index (χ4v) is 4.99. The molecule has 0 bridgehead atoms. The first-order valence-corrected chi connectivity index (χ1v) is 9.40. The van der Waals surface area contributed by atoms with Crippen LogP contribution in [0.15, 0.2) is 18.6 Å². The van der Waals surface area contributed by atoms with Gasteiger partial charge in [0.05, 0.1) is 6.61 Å². The summed E-state index contributed by atoms with van der Waals surface area (Å²) in [7, 11) is 0. The molecule has 1 saturated heterocycles. The van der Waals surface area contributed by atoms with Gasteiger partial charge in [0.2, 0.25) is 0 Å². The predicted molar refractivity (Wildman–Crippen MR) is 90.5 cm³/mol. The summed E-state index contributed by atoms with van der Waals surface area (Å²) < 4.78 is 6.18. The van der Waals surface area contributed by atoms with Gasteiger partial charge in [-0.05, 0) is 43.6 Å². The Morgan fingerprint density at radius 1 is 1.29 bits per heavy atom. The highest BCUT2D eigenvalue weighted by atomic mass is 16.5. The molecule has 130 valence electrons. The maximum absolute atomic E-state index is 12.7. The lowest BCUT2D eigenvalue weighted by Crippen LogP contribution is -2.35. The molecule has 2 saturated carbocycles. The third-order valence-electron chi connectivity index (χ3n) is 6.35. The Morgan fingerprint density at radius 2 is 2.17 bits per heavy atom. The van der Waals surface area contributed by atoms with Crippen molar-refractivity contribution in [2.24, 2.45) is 17.3 Å². The second-order valence-electron chi connectivity index (χ2n) is 7.90. The fourth-order valence-electron chi connectivity index (χ4n) is 4.99. The molecule has 1 aliphatic heterocycles. The van der Waals surface area contributed by atoms with E-state index in [1.54, 1.807) is 12.3 Å². The summed E-state index contributed by atoms with van der Waals surface area (Å²) in [5, 5.41) is 0. The Labute approximate surface area is 143 Å². The van der Waals surface area contributed by atoms with Crippen molar-refractivity contribution in [3.05, 3.63) is 24.3 Å². The number of ether oxygens (including phenoxy) is 1. The summed E-state index contributed by atoms with van der Waals surface area (Å²) in [4.78, 5) is 22.7. The number of carbonyl (C=O) groups is 1. The summed E-state index contributed by atoms with van der Waals surface area (Å²) in [6.07, 6.45) is 12.2. The monoisotopic (exact) mass is 329 g/mol. The average Bonchev–Trinajstić information content (AvgIpc) is 3.31. The van der Waals surface area contributed by atoms with E-state index in [2.05, 4.69) is 9.97 Å². The van der Waals surface area contributed by atoms with E-state index < -0.39 is 0 Å². The van der Waals surface area contributed by atoms with Crippen molar-refractivity contribution in [3.8, 4) is 0 Å². The lowest BCUT2D eigenvalue weighted by Gasteiger charge is -2.29. The first-order chi connectivity index (χ1) is 11.8. The van der Waals surface area contributed by atoms with Gasteiger partial charge < -0.3 is 9.64 Å². The standard InChI is InChI=1S/C19H27N3O2/c23-18(17-7-9-20-14-21-17)22-10-16-6-3-8-19(16,12-22)13-24-11-15-4-1-2-5-15/h7,9,14-16H,1-6,8,10-13H2/t16-,19+/m0/s1. The molecular formula is C19H27N3O2. The van der Waals surface area contributed by atoms with Gasteiger partial charge in [-0.3, -0.25) is 4.79 Å². The van der Waals surface area contributed by atoms with E-state index in [0.717, 1.165) is 32.2 Å². The third kappa shape index (κ3) is 3.06. The molecule has 2 atom stereocenters. The fraction of sp³-hybridized carbons (Fsp3) is 0.737. The Bertz CT molecular complexity index is 573. The van der Waals surface area contributed by atoms with Gasteiger partial charge in [0.1, 0.15) is 12.0 Å². The van der Waals surface area contributed by atoms with E-state index in [0.29, 0.717) is 11.6 Å². The van der Waals surface area contributed by atoms with Crippen LogP contribution in [0.3, 0.4) is 0 Å². The summed E-state index contributed by atoms with van der Waals surface area (Å²) in [5.74, 6) is 1.40. The minimum absolute atomic E-state index is 0.0435. The molecule has 2 aliphatic carbocycles. The Morgan fingerprint density at radius 3 is 2.96 bits per heavy atom. The van der Waals surface area contributed by atoms with E-state index in [4.69, 9.17) is 4.74 Å². The van der Waals surface area contributed by atoms with E-state index in [-0.39, 0.29) is 11.3 Å². The summed E-state index contributed by atoms with van der Waals surface area (Å²) in [6.45, 7) is 3.41. The van der Waals surface area contributed by atoms with E-state index in [1.807, 2.05) is 4.90 Å². The second-order valence-corrected chi connectivity index (χ2v) is 7.90. The topological polar surface area (TPSA) is 55.3 Å². The number of rotatable bonds is 5. The Hall–Kier alpha value is -1.49. The van der Waals surface area contributed by atoms with Crippen molar-refractivity contribution in [1.29, 1.82) is 0 Å². The van der Waals surface area contributed by atoms with Crippen molar-refractivity contribution >= 4 is 5.91 Å². The molecule has 5 nitrogen and oxygen atoms in total. The highest BCUT2D eigenvalue weighted by Gasteiger charge is 2.51. The van der Waals surface area contributed by atoms with E-state index in [9.17, 15) is 4.79 Å². The van der Waals surface area contributed by atoms with Crippen molar-refractivity contribution in [1.82, 2.24) is 14.9 Å². The van der Waals surface area contributed by atoms with Crippen LogP contribution in [0, 0.1) is 17.3 Å². The van der Waals surface area contributed by atoms with Gasteiger partial charge >= 0.3 is 0 Å². The molecule has 2 heterocycles. The zero-order valence-electron chi connectivity index (χ0n) is 14.3. The number of aromatic nitrogens is 2. The van der Waals surface area contributed by atoms with Gasteiger partial charge in [-0.2, -0.15) is 0 Å². The molecule has 0 aromatic carbocycles. The van der Waals surface area contributed by atoms with Crippen LogP contribution in [0.1, 0.15) is 55.4 Å². The molecule has 1 aromatic rings. The lowest BCUT2D eigenvalue weighted by atomic mass is 9.81. The summed E-state index contributed by atoms with van der Waals surface area (Å²) in [5.41, 5.74) is 0.688. The molecule has 3 fully saturated rings. The zero-order valence-corrected chi connectivity index (χ0v) is 14.3. The van der Waals surface area contributed by atoms with Gasteiger partial charge in [0.25, 0.3) is 5.91 Å². The van der Waals surface area contributed by atoms with E-state index >= 15 is 0 Å². The smallest absolute Gasteiger partial charge is 0.272 e. The minimum Gasteiger partial charge on any atom is -0.381 e. The first kappa shape index (κ1) is 16.0. The number of carbonyl (C=O) groups excluding carboxylic acids is 1. The number of likely N-dealkylation sites (tertiary alicyclic amines) is 1. The second kappa shape index (κ2) is 6.79. The van der Waals surface area contributed by atoms with Gasteiger partial charge in [0, 0.05) is 31.3 Å². The largest absolute Gasteiger partial charge is 0.381 e. The molecule has 0 N–H and O–H groups in total. The molecule has 1 amide bonds. The maximum Gasteiger partial charge on any atom is 0.272 e.